The zero-order valence-corrected chi connectivity index (χ0v) is 12.8. The van der Waals surface area contributed by atoms with E-state index >= 15 is 0 Å². The summed E-state index contributed by atoms with van der Waals surface area (Å²) in [5, 5.41) is 0. The molecular weight excluding hydrogens is 288 g/mol. The van der Waals surface area contributed by atoms with Gasteiger partial charge in [-0.05, 0) is 12.5 Å². The zero-order valence-electron chi connectivity index (χ0n) is 11.9. The topological polar surface area (TPSA) is 57.7 Å². The molecule has 1 aromatic rings. The summed E-state index contributed by atoms with van der Waals surface area (Å²) in [4.78, 5) is 39.0. The van der Waals surface area contributed by atoms with E-state index in [1.54, 1.807) is 0 Å². The molecule has 3 amide bonds. The van der Waals surface area contributed by atoms with E-state index in [-0.39, 0.29) is 18.2 Å². The number of benzene rings is 1. The molecule has 1 atom stereocenters. The molecule has 0 spiro atoms. The van der Waals surface area contributed by atoms with Crippen LogP contribution in [0.5, 0.6) is 0 Å². The van der Waals surface area contributed by atoms with Crippen molar-refractivity contribution in [2.75, 3.05) is 25.4 Å². The van der Waals surface area contributed by atoms with Crippen LogP contribution in [0.15, 0.2) is 30.3 Å². The van der Waals surface area contributed by atoms with Crippen LogP contribution in [0.1, 0.15) is 18.4 Å². The van der Waals surface area contributed by atoms with Crippen molar-refractivity contribution in [1.29, 1.82) is 0 Å². The minimum atomic E-state index is -0.740. The molecule has 1 aromatic carbocycles. The largest absolute Gasteiger partial charge is 0.333 e. The Labute approximate surface area is 129 Å². The van der Waals surface area contributed by atoms with Crippen molar-refractivity contribution >= 4 is 30.4 Å². The Balaban J connectivity index is 2.19. The second-order valence-corrected chi connectivity index (χ2v) is 5.19. The number of piperazine rings is 1. The molecule has 0 bridgehead atoms. The average Bonchev–Trinajstić information content (AvgIpc) is 2.51. The number of amides is 3. The van der Waals surface area contributed by atoms with E-state index < -0.39 is 17.7 Å². The number of carbonyl (C=O) groups excluding carboxylic acids is 3. The Morgan fingerprint density at radius 1 is 1.19 bits per heavy atom. The lowest BCUT2D eigenvalue weighted by Gasteiger charge is -2.33. The van der Waals surface area contributed by atoms with E-state index in [2.05, 4.69) is 12.6 Å². The van der Waals surface area contributed by atoms with Gasteiger partial charge in [-0.25, -0.2) is 0 Å². The van der Waals surface area contributed by atoms with Crippen LogP contribution in [0.4, 0.5) is 0 Å². The van der Waals surface area contributed by atoms with Crippen molar-refractivity contribution in [1.82, 2.24) is 9.80 Å². The van der Waals surface area contributed by atoms with Crippen molar-refractivity contribution < 1.29 is 14.4 Å². The smallest absolute Gasteiger partial charge is 0.318 e. The summed E-state index contributed by atoms with van der Waals surface area (Å²) in [7, 11) is 0. The van der Waals surface area contributed by atoms with Crippen LogP contribution >= 0.6 is 12.6 Å². The number of rotatable bonds is 4. The van der Waals surface area contributed by atoms with Crippen molar-refractivity contribution in [2.24, 2.45) is 0 Å². The molecule has 1 aliphatic heterocycles. The molecule has 112 valence electrons. The Hall–Kier alpha value is -1.82. The quantitative estimate of drug-likeness (QED) is 0.665. The average molecular weight is 306 g/mol. The fourth-order valence-electron chi connectivity index (χ4n) is 2.39. The van der Waals surface area contributed by atoms with Gasteiger partial charge in [0.05, 0.1) is 5.92 Å². The Morgan fingerprint density at radius 3 is 2.43 bits per heavy atom. The summed E-state index contributed by atoms with van der Waals surface area (Å²) in [5.74, 6) is -1.93. The first-order chi connectivity index (χ1) is 10.1. The van der Waals surface area contributed by atoms with E-state index in [1.807, 2.05) is 37.3 Å². The first kappa shape index (κ1) is 15.6. The summed E-state index contributed by atoms with van der Waals surface area (Å²) in [6.45, 7) is 2.92. The van der Waals surface area contributed by atoms with Gasteiger partial charge in [-0.15, -0.1) is 0 Å². The molecule has 0 radical (unpaired) electrons. The van der Waals surface area contributed by atoms with Crippen LogP contribution in [-0.4, -0.2) is 52.9 Å². The molecule has 0 aliphatic carbocycles. The van der Waals surface area contributed by atoms with Crippen LogP contribution in [0.2, 0.25) is 0 Å². The third-order valence-electron chi connectivity index (χ3n) is 3.64. The summed E-state index contributed by atoms with van der Waals surface area (Å²) >= 11 is 4.22. The minimum absolute atomic E-state index is 0.244. The summed E-state index contributed by atoms with van der Waals surface area (Å²) < 4.78 is 0. The molecule has 1 fully saturated rings. The van der Waals surface area contributed by atoms with Crippen LogP contribution in [0.25, 0.3) is 0 Å². The Morgan fingerprint density at radius 2 is 1.86 bits per heavy atom. The molecule has 1 unspecified atom stereocenters. The van der Waals surface area contributed by atoms with Gasteiger partial charge in [-0.1, -0.05) is 30.3 Å². The molecule has 0 saturated carbocycles. The molecule has 1 heterocycles. The molecule has 21 heavy (non-hydrogen) atoms. The Kier molecular flexibility index (Phi) is 5.01. The van der Waals surface area contributed by atoms with E-state index in [4.69, 9.17) is 0 Å². The van der Waals surface area contributed by atoms with E-state index in [1.165, 1.54) is 4.90 Å². The third kappa shape index (κ3) is 3.10. The predicted octanol–water partition coefficient (Wildman–Crippen LogP) is 0.917. The number of hydrogen-bond acceptors (Lipinski definition) is 4. The maximum Gasteiger partial charge on any atom is 0.318 e. The van der Waals surface area contributed by atoms with Gasteiger partial charge < -0.3 is 4.90 Å². The molecule has 1 aliphatic rings. The highest BCUT2D eigenvalue weighted by atomic mass is 32.1. The van der Waals surface area contributed by atoms with Gasteiger partial charge in [-0.2, -0.15) is 12.6 Å². The van der Waals surface area contributed by atoms with Gasteiger partial charge in [0.15, 0.2) is 0 Å². The van der Waals surface area contributed by atoms with Crippen LogP contribution in [-0.2, 0) is 14.4 Å². The zero-order chi connectivity index (χ0) is 15.4. The van der Waals surface area contributed by atoms with Gasteiger partial charge in [0, 0.05) is 25.4 Å². The second kappa shape index (κ2) is 6.76. The lowest BCUT2D eigenvalue weighted by atomic mass is 9.99. The van der Waals surface area contributed by atoms with Crippen LogP contribution in [0.3, 0.4) is 0 Å². The van der Waals surface area contributed by atoms with Gasteiger partial charge in [0.25, 0.3) is 0 Å². The van der Waals surface area contributed by atoms with Crippen LogP contribution < -0.4 is 0 Å². The standard InChI is InChI=1S/C15H18N2O3S/c1-2-16-8-9-17(15(20)14(16)19)13(18)12(10-21)11-6-4-3-5-7-11/h3-7,12,21H,2,8-10H2,1H3. The highest BCUT2D eigenvalue weighted by Crippen LogP contribution is 2.21. The predicted molar refractivity (Wildman–Crippen MR) is 82.0 cm³/mol. The van der Waals surface area contributed by atoms with E-state index in [9.17, 15) is 14.4 Å². The van der Waals surface area contributed by atoms with E-state index in [0.717, 1.165) is 10.5 Å². The first-order valence-corrected chi connectivity index (χ1v) is 7.53. The number of carbonyl (C=O) groups is 3. The monoisotopic (exact) mass is 306 g/mol. The number of nitrogens with zero attached hydrogens (tertiary/aromatic N) is 2. The minimum Gasteiger partial charge on any atom is -0.333 e. The van der Waals surface area contributed by atoms with Crippen LogP contribution in [0, 0.1) is 0 Å². The van der Waals surface area contributed by atoms with Crippen molar-refractivity contribution in [3.05, 3.63) is 35.9 Å². The molecule has 0 N–H and O–H groups in total. The maximum atomic E-state index is 12.6. The number of imide groups is 1. The van der Waals surface area contributed by atoms with Crippen molar-refractivity contribution in [3.8, 4) is 0 Å². The van der Waals surface area contributed by atoms with Gasteiger partial charge in [-0.3, -0.25) is 19.3 Å². The summed E-state index contributed by atoms with van der Waals surface area (Å²) in [6.07, 6.45) is 0. The first-order valence-electron chi connectivity index (χ1n) is 6.90. The second-order valence-electron chi connectivity index (χ2n) is 4.83. The molecule has 0 aromatic heterocycles. The highest BCUT2D eigenvalue weighted by Gasteiger charge is 2.37. The number of hydrogen-bond donors (Lipinski definition) is 1. The molecular formula is C15H18N2O3S. The van der Waals surface area contributed by atoms with E-state index in [0.29, 0.717) is 13.1 Å². The highest BCUT2D eigenvalue weighted by molar-refractivity contribution is 7.80. The molecule has 5 nitrogen and oxygen atoms in total. The number of likely N-dealkylation sites (N-methyl/N-ethyl adjacent to an activating group) is 1. The fourth-order valence-corrected chi connectivity index (χ4v) is 2.75. The van der Waals surface area contributed by atoms with Crippen molar-refractivity contribution in [2.45, 2.75) is 12.8 Å². The maximum absolute atomic E-state index is 12.6. The van der Waals surface area contributed by atoms with Gasteiger partial charge in [0.1, 0.15) is 0 Å². The fraction of sp³-hybridized carbons (Fsp3) is 0.400. The normalized spacial score (nSPS) is 17.0. The summed E-state index contributed by atoms with van der Waals surface area (Å²) in [5.41, 5.74) is 0.802. The third-order valence-corrected chi connectivity index (χ3v) is 4.00. The van der Waals surface area contributed by atoms with Crippen molar-refractivity contribution in [3.63, 3.8) is 0 Å². The molecule has 2 rings (SSSR count). The lowest BCUT2D eigenvalue weighted by Crippen LogP contribution is -2.57. The summed E-state index contributed by atoms with van der Waals surface area (Å²) in [6, 6.07) is 9.18. The number of thiol groups is 1. The lowest BCUT2D eigenvalue weighted by molar-refractivity contribution is -0.161. The van der Waals surface area contributed by atoms with Gasteiger partial charge in [0.2, 0.25) is 5.91 Å². The van der Waals surface area contributed by atoms with Gasteiger partial charge >= 0.3 is 11.8 Å². The SMILES string of the molecule is CCN1CCN(C(=O)C(CS)c2ccccc2)C(=O)C1=O. The Bertz CT molecular complexity index is 547. The molecule has 6 heteroatoms. The molecule has 1 saturated heterocycles.